The molecule has 0 aliphatic rings. The monoisotopic (exact) mass is 313 g/mol. The van der Waals surface area contributed by atoms with E-state index in [1.165, 1.54) is 6.07 Å². The molecule has 3 nitrogen and oxygen atoms in total. The molecule has 0 atom stereocenters. The zero-order chi connectivity index (χ0) is 14.7. The molecule has 0 unspecified atom stereocenters. The van der Waals surface area contributed by atoms with Crippen LogP contribution >= 0.6 is 23.2 Å². The van der Waals surface area contributed by atoms with Crippen molar-refractivity contribution in [2.45, 2.75) is 0 Å². The van der Waals surface area contributed by atoms with Crippen LogP contribution in [0.15, 0.2) is 36.4 Å². The van der Waals surface area contributed by atoms with Gasteiger partial charge in [0.05, 0.1) is 22.7 Å². The van der Waals surface area contributed by atoms with E-state index in [2.05, 4.69) is 5.32 Å². The fraction of sp³-hybridized carbons (Fsp3) is 0.0714. The molecule has 2 aromatic rings. The van der Waals surface area contributed by atoms with Gasteiger partial charge in [-0.25, -0.2) is 4.39 Å². The average molecular weight is 314 g/mol. The molecule has 0 radical (unpaired) electrons. The smallest absolute Gasteiger partial charge is 0.257 e. The number of rotatable bonds is 3. The molecule has 0 spiro atoms. The number of methoxy groups -OCH3 is 1. The number of carbonyl (C=O) groups excluding carboxylic acids is 1. The van der Waals surface area contributed by atoms with Gasteiger partial charge in [-0.05, 0) is 36.4 Å². The summed E-state index contributed by atoms with van der Waals surface area (Å²) in [5, 5.41) is 2.57. The lowest BCUT2D eigenvalue weighted by Gasteiger charge is -2.08. The van der Waals surface area contributed by atoms with E-state index < -0.39 is 11.7 Å². The Kier molecular flexibility index (Phi) is 4.47. The van der Waals surface area contributed by atoms with Gasteiger partial charge in [0.15, 0.2) is 0 Å². The lowest BCUT2D eigenvalue weighted by molar-refractivity contribution is 0.102. The standard InChI is InChI=1S/C14H10Cl2FNO2/c1-20-9-4-2-8(3-5-9)18-14(19)10-6-13(17)12(16)7-11(10)15/h2-7H,1H3,(H,18,19). The zero-order valence-corrected chi connectivity index (χ0v) is 11.9. The molecule has 0 fully saturated rings. The van der Waals surface area contributed by atoms with Crippen molar-refractivity contribution in [3.05, 3.63) is 57.8 Å². The Balaban J connectivity index is 2.21. The van der Waals surface area contributed by atoms with Gasteiger partial charge >= 0.3 is 0 Å². The summed E-state index contributed by atoms with van der Waals surface area (Å²) in [6.07, 6.45) is 0. The van der Waals surface area contributed by atoms with E-state index >= 15 is 0 Å². The van der Waals surface area contributed by atoms with E-state index in [1.54, 1.807) is 31.4 Å². The van der Waals surface area contributed by atoms with E-state index in [9.17, 15) is 9.18 Å². The molecule has 0 saturated carbocycles. The van der Waals surface area contributed by atoms with Crippen molar-refractivity contribution in [1.82, 2.24) is 0 Å². The number of halogens is 3. The third kappa shape index (κ3) is 3.21. The highest BCUT2D eigenvalue weighted by atomic mass is 35.5. The highest BCUT2D eigenvalue weighted by Gasteiger charge is 2.14. The highest BCUT2D eigenvalue weighted by Crippen LogP contribution is 2.25. The minimum atomic E-state index is -0.698. The number of benzene rings is 2. The van der Waals surface area contributed by atoms with Crippen LogP contribution < -0.4 is 10.1 Å². The first kappa shape index (κ1) is 14.6. The van der Waals surface area contributed by atoms with Gasteiger partial charge in [0.25, 0.3) is 5.91 Å². The lowest BCUT2D eigenvalue weighted by Crippen LogP contribution is -2.12. The van der Waals surface area contributed by atoms with Gasteiger partial charge in [-0.3, -0.25) is 4.79 Å². The number of nitrogens with one attached hydrogen (secondary N) is 1. The molecule has 0 aliphatic carbocycles. The van der Waals surface area contributed by atoms with E-state index in [0.29, 0.717) is 11.4 Å². The SMILES string of the molecule is COc1ccc(NC(=O)c2cc(F)c(Cl)cc2Cl)cc1. The van der Waals surface area contributed by atoms with Crippen LogP contribution in [0.1, 0.15) is 10.4 Å². The first-order valence-corrected chi connectivity index (χ1v) is 6.37. The third-order valence-electron chi connectivity index (χ3n) is 2.60. The van der Waals surface area contributed by atoms with Gasteiger partial charge in [0.2, 0.25) is 0 Å². The second kappa shape index (κ2) is 6.11. The second-order valence-corrected chi connectivity index (χ2v) is 4.74. The molecule has 0 bridgehead atoms. The number of anilines is 1. The molecule has 6 heteroatoms. The Labute approximate surface area is 125 Å². The topological polar surface area (TPSA) is 38.3 Å². The fourth-order valence-corrected chi connectivity index (χ4v) is 2.04. The van der Waals surface area contributed by atoms with E-state index in [1.807, 2.05) is 0 Å². The van der Waals surface area contributed by atoms with E-state index in [4.69, 9.17) is 27.9 Å². The second-order valence-electron chi connectivity index (χ2n) is 3.93. The van der Waals surface area contributed by atoms with Crippen LogP contribution in [0, 0.1) is 5.82 Å². The predicted octanol–water partition coefficient (Wildman–Crippen LogP) is 4.39. The minimum Gasteiger partial charge on any atom is -0.497 e. The Morgan fingerprint density at radius 3 is 2.40 bits per heavy atom. The number of hydrogen-bond donors (Lipinski definition) is 1. The molecular weight excluding hydrogens is 304 g/mol. The summed E-state index contributed by atoms with van der Waals surface area (Å²) in [6, 6.07) is 8.91. The lowest BCUT2D eigenvalue weighted by atomic mass is 10.2. The summed E-state index contributed by atoms with van der Waals surface area (Å²) in [5.74, 6) is -0.551. The molecule has 0 aromatic heterocycles. The Hall–Kier alpha value is -1.78. The minimum absolute atomic E-state index is 0.0179. The highest BCUT2D eigenvalue weighted by molar-refractivity contribution is 6.37. The predicted molar refractivity (Wildman–Crippen MR) is 77.4 cm³/mol. The van der Waals surface area contributed by atoms with Gasteiger partial charge < -0.3 is 10.1 Å². The Bertz CT molecular complexity index is 644. The van der Waals surface area contributed by atoms with E-state index in [0.717, 1.165) is 6.07 Å². The molecule has 1 N–H and O–H groups in total. The number of hydrogen-bond acceptors (Lipinski definition) is 2. The van der Waals surface area contributed by atoms with Crippen LogP contribution in [0.2, 0.25) is 10.0 Å². The molecular formula is C14H10Cl2FNO2. The number of amides is 1. The maximum atomic E-state index is 13.4. The van der Waals surface area contributed by atoms with Gasteiger partial charge in [0, 0.05) is 5.69 Å². The Morgan fingerprint density at radius 1 is 1.15 bits per heavy atom. The molecule has 104 valence electrons. The van der Waals surface area contributed by atoms with Crippen LogP contribution in [0.4, 0.5) is 10.1 Å². The first-order chi connectivity index (χ1) is 9.51. The van der Waals surface area contributed by atoms with Crippen molar-refractivity contribution >= 4 is 34.8 Å². The number of ether oxygens (including phenoxy) is 1. The van der Waals surface area contributed by atoms with Crippen molar-refractivity contribution in [3.63, 3.8) is 0 Å². The van der Waals surface area contributed by atoms with Crippen molar-refractivity contribution in [1.29, 1.82) is 0 Å². The van der Waals surface area contributed by atoms with Crippen LogP contribution in [0.25, 0.3) is 0 Å². The largest absolute Gasteiger partial charge is 0.497 e. The maximum absolute atomic E-state index is 13.4. The molecule has 0 heterocycles. The maximum Gasteiger partial charge on any atom is 0.257 e. The summed E-state index contributed by atoms with van der Waals surface area (Å²) < 4.78 is 18.4. The molecule has 0 aliphatic heterocycles. The summed E-state index contributed by atoms with van der Waals surface area (Å²) in [4.78, 5) is 12.0. The molecule has 2 aromatic carbocycles. The third-order valence-corrected chi connectivity index (χ3v) is 3.20. The first-order valence-electron chi connectivity index (χ1n) is 5.61. The summed E-state index contributed by atoms with van der Waals surface area (Å²) in [7, 11) is 1.55. The summed E-state index contributed by atoms with van der Waals surface area (Å²) in [5.41, 5.74) is 0.562. The van der Waals surface area contributed by atoms with Crippen LogP contribution in [0.5, 0.6) is 5.75 Å². The van der Waals surface area contributed by atoms with Gasteiger partial charge in [-0.15, -0.1) is 0 Å². The molecule has 0 saturated heterocycles. The van der Waals surface area contributed by atoms with Gasteiger partial charge in [-0.2, -0.15) is 0 Å². The average Bonchev–Trinajstić information content (AvgIpc) is 2.43. The van der Waals surface area contributed by atoms with Crippen molar-refractivity contribution in [2.24, 2.45) is 0 Å². The zero-order valence-electron chi connectivity index (χ0n) is 10.4. The van der Waals surface area contributed by atoms with Crippen LogP contribution in [-0.4, -0.2) is 13.0 Å². The van der Waals surface area contributed by atoms with Crippen molar-refractivity contribution < 1.29 is 13.9 Å². The quantitative estimate of drug-likeness (QED) is 0.853. The summed E-state index contributed by atoms with van der Waals surface area (Å²) >= 11 is 11.5. The van der Waals surface area contributed by atoms with Crippen molar-refractivity contribution in [3.8, 4) is 5.75 Å². The van der Waals surface area contributed by atoms with Gasteiger partial charge in [-0.1, -0.05) is 23.2 Å². The van der Waals surface area contributed by atoms with Crippen LogP contribution in [-0.2, 0) is 0 Å². The molecule has 2 rings (SSSR count). The van der Waals surface area contributed by atoms with Crippen LogP contribution in [0.3, 0.4) is 0 Å². The number of carbonyl (C=O) groups is 1. The molecule has 1 amide bonds. The Morgan fingerprint density at radius 2 is 1.80 bits per heavy atom. The fourth-order valence-electron chi connectivity index (χ4n) is 1.57. The summed E-state index contributed by atoms with van der Waals surface area (Å²) in [6.45, 7) is 0. The van der Waals surface area contributed by atoms with Gasteiger partial charge in [0.1, 0.15) is 11.6 Å². The normalized spacial score (nSPS) is 10.2. The van der Waals surface area contributed by atoms with E-state index in [-0.39, 0.29) is 15.6 Å². The molecule has 20 heavy (non-hydrogen) atoms. The van der Waals surface area contributed by atoms with Crippen molar-refractivity contribution in [2.75, 3.05) is 12.4 Å².